The van der Waals surface area contributed by atoms with Crippen molar-refractivity contribution in [2.45, 2.75) is 32.9 Å². The highest BCUT2D eigenvalue weighted by Crippen LogP contribution is 2.25. The van der Waals surface area contributed by atoms with Crippen molar-refractivity contribution >= 4 is 11.9 Å². The van der Waals surface area contributed by atoms with Crippen molar-refractivity contribution in [2.75, 3.05) is 14.2 Å². The van der Waals surface area contributed by atoms with Crippen LogP contribution in [0.5, 0.6) is 5.75 Å². The van der Waals surface area contributed by atoms with Gasteiger partial charge in [-0.25, -0.2) is 9.78 Å². The van der Waals surface area contributed by atoms with Crippen LogP contribution in [0.1, 0.15) is 47.5 Å². The molecule has 0 saturated heterocycles. The third-order valence-corrected chi connectivity index (χ3v) is 3.63. The van der Waals surface area contributed by atoms with Gasteiger partial charge in [-0.2, -0.15) is 0 Å². The molecule has 0 saturated carbocycles. The molecule has 0 aliphatic rings. The third kappa shape index (κ3) is 4.17. The van der Waals surface area contributed by atoms with Gasteiger partial charge < -0.3 is 18.8 Å². The number of hydrogen-bond acceptors (Lipinski definition) is 6. The number of aromatic nitrogens is 1. The van der Waals surface area contributed by atoms with E-state index in [0.717, 1.165) is 0 Å². The largest absolute Gasteiger partial charge is 0.496 e. The van der Waals surface area contributed by atoms with Crippen LogP contribution in [0.25, 0.3) is 0 Å². The molecule has 7 nitrogen and oxygen atoms in total. The van der Waals surface area contributed by atoms with Crippen molar-refractivity contribution in [3.8, 4) is 5.75 Å². The average Bonchev–Trinajstić information content (AvgIpc) is 3.06. The summed E-state index contributed by atoms with van der Waals surface area (Å²) < 4.78 is 15.2. The van der Waals surface area contributed by atoms with Gasteiger partial charge in [0.05, 0.1) is 26.3 Å². The lowest BCUT2D eigenvalue weighted by molar-refractivity contribution is 0.0529. The quantitative estimate of drug-likeness (QED) is 0.774. The zero-order valence-electron chi connectivity index (χ0n) is 15.0. The molecule has 0 spiro atoms. The Morgan fingerprint density at radius 3 is 2.48 bits per heavy atom. The molecule has 1 aromatic heterocycles. The molecule has 0 atom stereocenters. The minimum atomic E-state index is -0.589. The van der Waals surface area contributed by atoms with E-state index >= 15 is 0 Å². The Balaban J connectivity index is 2.32. The molecule has 0 radical (unpaired) electrons. The minimum absolute atomic E-state index is 0.0658. The van der Waals surface area contributed by atoms with E-state index in [-0.39, 0.29) is 24.0 Å². The standard InChI is InChI=1S/C18H22N2O5/c1-18(2,3)20(10-15-19-13(11-25-15)17(22)24-5)16(21)12-8-6-7-9-14(12)23-4/h6-9,11H,10H2,1-5H3. The predicted molar refractivity (Wildman–Crippen MR) is 90.5 cm³/mol. The summed E-state index contributed by atoms with van der Waals surface area (Å²) in [6.45, 7) is 5.83. The van der Waals surface area contributed by atoms with Gasteiger partial charge in [-0.1, -0.05) is 12.1 Å². The second-order valence-electron chi connectivity index (χ2n) is 6.38. The lowest BCUT2D eigenvalue weighted by Gasteiger charge is -2.35. The zero-order chi connectivity index (χ0) is 18.6. The van der Waals surface area contributed by atoms with Crippen LogP contribution in [-0.4, -0.2) is 41.5 Å². The lowest BCUT2D eigenvalue weighted by atomic mass is 10.0. The van der Waals surface area contributed by atoms with Gasteiger partial charge in [0.2, 0.25) is 5.89 Å². The fourth-order valence-corrected chi connectivity index (χ4v) is 2.30. The van der Waals surface area contributed by atoms with Crippen molar-refractivity contribution in [3.63, 3.8) is 0 Å². The Bertz CT molecular complexity index is 761. The molecule has 0 aliphatic heterocycles. The zero-order valence-corrected chi connectivity index (χ0v) is 15.0. The number of methoxy groups -OCH3 is 2. The van der Waals surface area contributed by atoms with E-state index in [4.69, 9.17) is 9.15 Å². The molecule has 25 heavy (non-hydrogen) atoms. The molecule has 0 unspecified atom stereocenters. The number of para-hydroxylation sites is 1. The van der Waals surface area contributed by atoms with E-state index < -0.39 is 11.5 Å². The van der Waals surface area contributed by atoms with Gasteiger partial charge in [-0.3, -0.25) is 4.79 Å². The van der Waals surface area contributed by atoms with Crippen molar-refractivity contribution in [1.29, 1.82) is 0 Å². The van der Waals surface area contributed by atoms with E-state index in [1.165, 1.54) is 20.5 Å². The molecule has 1 amide bonds. The molecule has 2 aromatic rings. The number of rotatable bonds is 5. The molecule has 0 fully saturated rings. The number of carbonyl (C=O) groups is 2. The second kappa shape index (κ2) is 7.38. The number of nitrogens with zero attached hydrogens (tertiary/aromatic N) is 2. The summed E-state index contributed by atoms with van der Waals surface area (Å²) in [5.41, 5.74) is 0.00783. The second-order valence-corrected chi connectivity index (χ2v) is 6.38. The summed E-state index contributed by atoms with van der Waals surface area (Å²) in [4.78, 5) is 30.3. The van der Waals surface area contributed by atoms with Crippen molar-refractivity contribution < 1.29 is 23.5 Å². The average molecular weight is 346 g/mol. The summed E-state index contributed by atoms with van der Waals surface area (Å²) in [7, 11) is 2.79. The predicted octanol–water partition coefficient (Wildman–Crippen LogP) is 2.91. The van der Waals surface area contributed by atoms with Crippen LogP contribution in [0.15, 0.2) is 34.9 Å². The highest BCUT2D eigenvalue weighted by Gasteiger charge is 2.30. The van der Waals surface area contributed by atoms with Gasteiger partial charge in [0.25, 0.3) is 5.91 Å². The Morgan fingerprint density at radius 1 is 1.20 bits per heavy atom. The topological polar surface area (TPSA) is 81.9 Å². The van der Waals surface area contributed by atoms with Crippen LogP contribution in [0.4, 0.5) is 0 Å². The van der Waals surface area contributed by atoms with Crippen LogP contribution in [0.3, 0.4) is 0 Å². The smallest absolute Gasteiger partial charge is 0.360 e. The van der Waals surface area contributed by atoms with Gasteiger partial charge in [0.1, 0.15) is 12.0 Å². The molecular weight excluding hydrogens is 324 g/mol. The van der Waals surface area contributed by atoms with Gasteiger partial charge in [-0.15, -0.1) is 0 Å². The fraction of sp³-hybridized carbons (Fsp3) is 0.389. The van der Waals surface area contributed by atoms with Gasteiger partial charge >= 0.3 is 5.97 Å². The maximum absolute atomic E-state index is 13.1. The van der Waals surface area contributed by atoms with Crippen LogP contribution in [0, 0.1) is 0 Å². The van der Waals surface area contributed by atoms with Gasteiger partial charge in [-0.05, 0) is 32.9 Å². The van der Waals surface area contributed by atoms with Gasteiger partial charge in [0.15, 0.2) is 5.69 Å². The molecule has 0 aliphatic carbocycles. The number of hydrogen-bond donors (Lipinski definition) is 0. The third-order valence-electron chi connectivity index (χ3n) is 3.63. The fourth-order valence-electron chi connectivity index (χ4n) is 2.30. The van der Waals surface area contributed by atoms with Crippen molar-refractivity contribution in [1.82, 2.24) is 9.88 Å². The first-order chi connectivity index (χ1) is 11.8. The van der Waals surface area contributed by atoms with Crippen LogP contribution < -0.4 is 4.74 Å². The van der Waals surface area contributed by atoms with E-state index in [1.54, 1.807) is 29.2 Å². The SMILES string of the molecule is COC(=O)c1coc(CN(C(=O)c2ccccc2OC)C(C)(C)C)n1. The Kier molecular flexibility index (Phi) is 5.46. The van der Waals surface area contributed by atoms with Crippen LogP contribution in [-0.2, 0) is 11.3 Å². The number of benzene rings is 1. The molecule has 2 rings (SSSR count). The summed E-state index contributed by atoms with van der Waals surface area (Å²) >= 11 is 0. The molecule has 7 heteroatoms. The minimum Gasteiger partial charge on any atom is -0.496 e. The summed E-state index contributed by atoms with van der Waals surface area (Å²) in [6, 6.07) is 7.01. The van der Waals surface area contributed by atoms with Crippen LogP contribution >= 0.6 is 0 Å². The van der Waals surface area contributed by atoms with E-state index in [1.807, 2.05) is 20.8 Å². The first-order valence-electron chi connectivity index (χ1n) is 7.75. The number of oxazole rings is 1. The number of ether oxygens (including phenoxy) is 2. The van der Waals surface area contributed by atoms with Crippen molar-refractivity contribution in [3.05, 3.63) is 47.7 Å². The Labute approximate surface area is 146 Å². The monoisotopic (exact) mass is 346 g/mol. The first-order valence-corrected chi connectivity index (χ1v) is 7.75. The van der Waals surface area contributed by atoms with E-state index in [0.29, 0.717) is 11.3 Å². The number of esters is 1. The summed E-state index contributed by atoms with van der Waals surface area (Å²) in [5, 5.41) is 0. The highest BCUT2D eigenvalue weighted by atomic mass is 16.5. The molecule has 0 bridgehead atoms. The maximum Gasteiger partial charge on any atom is 0.360 e. The van der Waals surface area contributed by atoms with E-state index in [9.17, 15) is 9.59 Å². The lowest BCUT2D eigenvalue weighted by Crippen LogP contribution is -2.45. The van der Waals surface area contributed by atoms with Crippen LogP contribution in [0.2, 0.25) is 0 Å². The molecule has 134 valence electrons. The molecule has 1 aromatic carbocycles. The molecular formula is C18H22N2O5. The number of amides is 1. The maximum atomic E-state index is 13.1. The highest BCUT2D eigenvalue weighted by molar-refractivity contribution is 5.97. The Morgan fingerprint density at radius 2 is 1.88 bits per heavy atom. The molecule has 1 heterocycles. The number of carbonyl (C=O) groups excluding carboxylic acids is 2. The van der Waals surface area contributed by atoms with Crippen molar-refractivity contribution in [2.24, 2.45) is 0 Å². The van der Waals surface area contributed by atoms with E-state index in [2.05, 4.69) is 9.72 Å². The first kappa shape index (κ1) is 18.5. The Hall–Kier alpha value is -2.83. The normalized spacial score (nSPS) is 11.1. The molecule has 0 N–H and O–H groups in total. The summed E-state index contributed by atoms with van der Waals surface area (Å²) in [6.07, 6.45) is 1.22. The summed E-state index contributed by atoms with van der Waals surface area (Å²) in [5.74, 6) is -0.0703. The van der Waals surface area contributed by atoms with Gasteiger partial charge in [0, 0.05) is 5.54 Å².